The number of aryl methyl sites for hydroxylation is 1. The number of nitrogens with zero attached hydrogens (tertiary/aromatic N) is 1. The van der Waals surface area contributed by atoms with E-state index in [0.717, 1.165) is 11.1 Å². The van der Waals surface area contributed by atoms with E-state index in [1.54, 1.807) is 18.2 Å². The van der Waals surface area contributed by atoms with E-state index in [2.05, 4.69) is 4.98 Å². The number of hydrogen-bond donors (Lipinski definition) is 0. The fourth-order valence-corrected chi connectivity index (χ4v) is 1.50. The number of hydrogen-bond acceptors (Lipinski definition) is 3. The van der Waals surface area contributed by atoms with Crippen molar-refractivity contribution in [1.82, 2.24) is 4.98 Å². The molecule has 0 atom stereocenters. The van der Waals surface area contributed by atoms with Crippen molar-refractivity contribution in [2.45, 2.75) is 13.5 Å². The smallest absolute Gasteiger partial charge is 0.168 e. The summed E-state index contributed by atoms with van der Waals surface area (Å²) in [6, 6.07) is 7.80. The van der Waals surface area contributed by atoms with Gasteiger partial charge in [0, 0.05) is 0 Å². The second-order valence-electron chi connectivity index (χ2n) is 3.90. The number of benzene rings is 1. The summed E-state index contributed by atoms with van der Waals surface area (Å²) in [5.74, 6) is 0.262. The predicted molar refractivity (Wildman–Crippen MR) is 65.1 cm³/mol. The van der Waals surface area contributed by atoms with Crippen LogP contribution >= 0.6 is 0 Å². The van der Waals surface area contributed by atoms with Gasteiger partial charge in [-0.25, -0.2) is 9.37 Å². The van der Waals surface area contributed by atoms with E-state index in [1.165, 1.54) is 18.3 Å². The Balaban J connectivity index is 2.06. The van der Waals surface area contributed by atoms with Gasteiger partial charge in [0.05, 0.1) is 6.20 Å². The quantitative estimate of drug-likeness (QED) is 0.777. The lowest BCUT2D eigenvalue weighted by Gasteiger charge is -2.08. The third-order valence-electron chi connectivity index (χ3n) is 2.59. The number of carbonyl (C=O) groups is 1. The van der Waals surface area contributed by atoms with Crippen LogP contribution in [0.4, 0.5) is 4.39 Å². The minimum atomic E-state index is -0.284. The molecule has 0 radical (unpaired) electrons. The number of ether oxygens (including phenoxy) is 1. The van der Waals surface area contributed by atoms with Gasteiger partial charge >= 0.3 is 0 Å². The minimum absolute atomic E-state index is 0.270. The van der Waals surface area contributed by atoms with Crippen LogP contribution in [-0.4, -0.2) is 11.3 Å². The highest BCUT2D eigenvalue weighted by atomic mass is 19.1. The fraction of sp³-hybridized carbons (Fsp3) is 0.143. The van der Waals surface area contributed by atoms with Crippen LogP contribution in [0.15, 0.2) is 36.5 Å². The van der Waals surface area contributed by atoms with Gasteiger partial charge in [-0.15, -0.1) is 0 Å². The molecule has 0 saturated carbocycles. The van der Waals surface area contributed by atoms with Crippen LogP contribution in [0.2, 0.25) is 0 Å². The lowest BCUT2D eigenvalue weighted by Crippen LogP contribution is -1.99. The molecule has 0 aliphatic heterocycles. The molecule has 3 nitrogen and oxygen atoms in total. The summed E-state index contributed by atoms with van der Waals surface area (Å²) in [6.07, 6.45) is 2.14. The van der Waals surface area contributed by atoms with Gasteiger partial charge in [0.1, 0.15) is 23.9 Å². The maximum absolute atomic E-state index is 13.1. The zero-order chi connectivity index (χ0) is 13.0. The van der Waals surface area contributed by atoms with Gasteiger partial charge in [-0.2, -0.15) is 0 Å². The number of halogens is 1. The standard InChI is InChI=1S/C14H12FNO2/c1-10-2-3-12(15)6-11(10)9-18-14-5-4-13(8-17)16-7-14/h2-8H,9H2,1H3. The molecule has 0 amide bonds. The Labute approximate surface area is 104 Å². The van der Waals surface area contributed by atoms with Crippen molar-refractivity contribution in [3.05, 3.63) is 59.2 Å². The molecule has 1 aromatic heterocycles. The normalized spacial score (nSPS) is 10.1. The fourth-order valence-electron chi connectivity index (χ4n) is 1.50. The predicted octanol–water partition coefficient (Wildman–Crippen LogP) is 2.92. The SMILES string of the molecule is Cc1ccc(F)cc1COc1ccc(C=O)nc1. The van der Waals surface area contributed by atoms with Gasteiger partial charge < -0.3 is 4.74 Å². The van der Waals surface area contributed by atoms with E-state index < -0.39 is 0 Å². The molecule has 2 rings (SSSR count). The first-order valence-electron chi connectivity index (χ1n) is 5.48. The van der Waals surface area contributed by atoms with Gasteiger partial charge in [-0.05, 0) is 42.3 Å². The van der Waals surface area contributed by atoms with E-state index in [4.69, 9.17) is 4.74 Å². The van der Waals surface area contributed by atoms with Crippen molar-refractivity contribution in [2.75, 3.05) is 0 Å². The van der Waals surface area contributed by atoms with Gasteiger partial charge in [0.2, 0.25) is 0 Å². The van der Waals surface area contributed by atoms with Crippen LogP contribution in [0.3, 0.4) is 0 Å². The molecule has 0 spiro atoms. The molecule has 0 bridgehead atoms. The summed E-state index contributed by atoms with van der Waals surface area (Å²) in [5.41, 5.74) is 2.10. The largest absolute Gasteiger partial charge is 0.487 e. The Morgan fingerprint density at radius 2 is 2.17 bits per heavy atom. The van der Waals surface area contributed by atoms with Crippen molar-refractivity contribution in [3.8, 4) is 5.75 Å². The highest BCUT2D eigenvalue weighted by molar-refractivity contribution is 5.71. The summed E-state index contributed by atoms with van der Waals surface area (Å²) in [7, 11) is 0. The number of aromatic nitrogens is 1. The maximum Gasteiger partial charge on any atom is 0.168 e. The number of carbonyl (C=O) groups excluding carboxylic acids is 1. The first-order chi connectivity index (χ1) is 8.69. The van der Waals surface area contributed by atoms with Gasteiger partial charge in [0.15, 0.2) is 6.29 Å². The highest BCUT2D eigenvalue weighted by Gasteiger charge is 2.02. The van der Waals surface area contributed by atoms with Crippen molar-refractivity contribution in [3.63, 3.8) is 0 Å². The summed E-state index contributed by atoms with van der Waals surface area (Å²) in [4.78, 5) is 14.3. The second kappa shape index (κ2) is 5.40. The molecule has 2 aromatic rings. The average molecular weight is 245 g/mol. The molecule has 1 heterocycles. The number of rotatable bonds is 4. The van der Waals surface area contributed by atoms with E-state index in [-0.39, 0.29) is 12.4 Å². The van der Waals surface area contributed by atoms with E-state index >= 15 is 0 Å². The Kier molecular flexibility index (Phi) is 3.67. The molecule has 0 aliphatic rings. The topological polar surface area (TPSA) is 39.2 Å². The minimum Gasteiger partial charge on any atom is -0.487 e. The molecule has 18 heavy (non-hydrogen) atoms. The van der Waals surface area contributed by atoms with Gasteiger partial charge in [-0.1, -0.05) is 6.07 Å². The first kappa shape index (κ1) is 12.2. The maximum atomic E-state index is 13.1. The monoisotopic (exact) mass is 245 g/mol. The van der Waals surface area contributed by atoms with Crippen LogP contribution < -0.4 is 4.74 Å². The lowest BCUT2D eigenvalue weighted by molar-refractivity contribution is 0.111. The molecular weight excluding hydrogens is 233 g/mol. The second-order valence-corrected chi connectivity index (χ2v) is 3.90. The third kappa shape index (κ3) is 2.91. The van der Waals surface area contributed by atoms with Crippen LogP contribution in [0.5, 0.6) is 5.75 Å². The van der Waals surface area contributed by atoms with Crippen LogP contribution in [0.25, 0.3) is 0 Å². The van der Waals surface area contributed by atoms with Crippen LogP contribution in [0.1, 0.15) is 21.6 Å². The summed E-state index contributed by atoms with van der Waals surface area (Å²) < 4.78 is 18.5. The summed E-state index contributed by atoms with van der Waals surface area (Å²) >= 11 is 0. The zero-order valence-electron chi connectivity index (χ0n) is 9.89. The van der Waals surface area contributed by atoms with E-state index in [0.29, 0.717) is 17.7 Å². The van der Waals surface area contributed by atoms with Crippen molar-refractivity contribution < 1.29 is 13.9 Å². The number of pyridine rings is 1. The zero-order valence-corrected chi connectivity index (χ0v) is 9.89. The Hall–Kier alpha value is -2.23. The molecule has 0 aliphatic carbocycles. The van der Waals surface area contributed by atoms with Crippen molar-refractivity contribution in [2.24, 2.45) is 0 Å². The Morgan fingerprint density at radius 3 is 2.83 bits per heavy atom. The van der Waals surface area contributed by atoms with E-state index in [9.17, 15) is 9.18 Å². The van der Waals surface area contributed by atoms with Crippen molar-refractivity contribution in [1.29, 1.82) is 0 Å². The molecule has 1 aromatic carbocycles. The summed E-state index contributed by atoms with van der Waals surface area (Å²) in [6.45, 7) is 2.16. The number of aldehydes is 1. The third-order valence-corrected chi connectivity index (χ3v) is 2.59. The molecule has 0 saturated heterocycles. The molecular formula is C14H12FNO2. The van der Waals surface area contributed by atoms with Crippen LogP contribution in [0, 0.1) is 12.7 Å². The van der Waals surface area contributed by atoms with E-state index in [1.807, 2.05) is 6.92 Å². The highest BCUT2D eigenvalue weighted by Crippen LogP contribution is 2.15. The van der Waals surface area contributed by atoms with Crippen molar-refractivity contribution >= 4 is 6.29 Å². The van der Waals surface area contributed by atoms with Crippen LogP contribution in [-0.2, 0) is 6.61 Å². The molecule has 0 N–H and O–H groups in total. The molecule has 4 heteroatoms. The first-order valence-corrected chi connectivity index (χ1v) is 5.48. The molecule has 92 valence electrons. The average Bonchev–Trinajstić information content (AvgIpc) is 2.40. The Morgan fingerprint density at radius 1 is 1.33 bits per heavy atom. The van der Waals surface area contributed by atoms with Gasteiger partial charge in [0.25, 0.3) is 0 Å². The lowest BCUT2D eigenvalue weighted by atomic mass is 10.1. The molecule has 0 unspecified atom stereocenters. The molecule has 0 fully saturated rings. The summed E-state index contributed by atoms with van der Waals surface area (Å²) in [5, 5.41) is 0. The van der Waals surface area contributed by atoms with Gasteiger partial charge in [-0.3, -0.25) is 4.79 Å². The Bertz CT molecular complexity index is 552.